The number of hydrogen-bond acceptors (Lipinski definition) is 4. The molecule has 0 saturated carbocycles. The number of aliphatic imine (C=N–C) groups is 2. The van der Waals surface area contributed by atoms with Crippen LogP contribution in [0, 0.1) is 0 Å². The van der Waals surface area contributed by atoms with Crippen molar-refractivity contribution in [2.75, 3.05) is 6.61 Å². The van der Waals surface area contributed by atoms with Crippen molar-refractivity contribution in [3.8, 4) is 11.5 Å². The minimum absolute atomic E-state index is 0.0594. The Morgan fingerprint density at radius 1 is 1.03 bits per heavy atom. The highest BCUT2D eigenvalue weighted by atomic mass is 35.5. The molecule has 0 radical (unpaired) electrons. The van der Waals surface area contributed by atoms with Crippen LogP contribution >= 0.6 is 11.8 Å². The predicted octanol–water partition coefficient (Wildman–Crippen LogP) is 5.66. The lowest BCUT2D eigenvalue weighted by Gasteiger charge is -2.23. The van der Waals surface area contributed by atoms with E-state index in [0.717, 1.165) is 28.1 Å². The predicted molar refractivity (Wildman–Crippen MR) is 123 cm³/mol. The van der Waals surface area contributed by atoms with Gasteiger partial charge in [0, 0.05) is 5.57 Å². The quantitative estimate of drug-likeness (QED) is 0.532. The SMILES string of the molecule is CCOc1ccc(C2=NC(C3=CC=C3)=C3C=NC=C[N+]23Cl)cc1OCc1ccccc1. The van der Waals surface area contributed by atoms with Gasteiger partial charge >= 0.3 is 0 Å². The molecule has 2 heterocycles. The van der Waals surface area contributed by atoms with E-state index >= 15 is 0 Å². The number of halogens is 1. The van der Waals surface area contributed by atoms with Crippen molar-refractivity contribution in [3.63, 3.8) is 0 Å². The van der Waals surface area contributed by atoms with Crippen LogP contribution in [-0.2, 0) is 6.61 Å². The Bertz CT molecular complexity index is 1210. The van der Waals surface area contributed by atoms with E-state index in [2.05, 4.69) is 4.99 Å². The number of nitrogens with zero attached hydrogens (tertiary/aromatic N) is 3. The molecule has 5 rings (SSSR count). The van der Waals surface area contributed by atoms with Crippen molar-refractivity contribution < 1.29 is 13.5 Å². The summed E-state index contributed by atoms with van der Waals surface area (Å²) >= 11 is 7.07. The average molecular weight is 431 g/mol. The molecule has 2 aliphatic heterocycles. The van der Waals surface area contributed by atoms with E-state index in [4.69, 9.17) is 26.2 Å². The van der Waals surface area contributed by atoms with Crippen LogP contribution in [0.15, 0.2) is 106 Å². The van der Waals surface area contributed by atoms with Gasteiger partial charge in [-0.05, 0) is 30.7 Å². The third kappa shape index (κ3) is 3.52. The van der Waals surface area contributed by atoms with Crippen molar-refractivity contribution in [2.24, 2.45) is 9.98 Å². The van der Waals surface area contributed by atoms with Crippen molar-refractivity contribution in [1.29, 1.82) is 0 Å². The van der Waals surface area contributed by atoms with Crippen molar-refractivity contribution in [1.82, 2.24) is 0 Å². The average Bonchev–Trinajstić information content (AvgIpc) is 3.05. The first kappa shape index (κ1) is 19.5. The Labute approximate surface area is 186 Å². The third-order valence-electron chi connectivity index (χ3n) is 5.24. The van der Waals surface area contributed by atoms with Gasteiger partial charge in [0.05, 0.1) is 24.6 Å². The molecule has 1 aliphatic carbocycles. The van der Waals surface area contributed by atoms with Gasteiger partial charge < -0.3 is 9.47 Å². The van der Waals surface area contributed by atoms with E-state index in [9.17, 15) is 0 Å². The Balaban J connectivity index is 1.51. The molecule has 0 saturated heterocycles. The number of hydrogen-bond donors (Lipinski definition) is 0. The summed E-state index contributed by atoms with van der Waals surface area (Å²) < 4.78 is 11.9. The summed E-state index contributed by atoms with van der Waals surface area (Å²) in [5.74, 6) is 2.04. The molecule has 31 heavy (non-hydrogen) atoms. The van der Waals surface area contributed by atoms with Gasteiger partial charge in [-0.15, -0.1) is 4.00 Å². The largest absolute Gasteiger partial charge is 0.490 e. The van der Waals surface area contributed by atoms with Crippen LogP contribution in [0.4, 0.5) is 0 Å². The lowest BCUT2D eigenvalue weighted by molar-refractivity contribution is -0.599. The van der Waals surface area contributed by atoms with Gasteiger partial charge in [0.2, 0.25) is 5.70 Å². The molecule has 2 aromatic rings. The Morgan fingerprint density at radius 3 is 2.61 bits per heavy atom. The molecule has 154 valence electrons. The molecule has 0 N–H and O–H groups in total. The van der Waals surface area contributed by atoms with Crippen LogP contribution in [0.3, 0.4) is 0 Å². The maximum Gasteiger partial charge on any atom is 0.264 e. The highest BCUT2D eigenvalue weighted by molar-refractivity contribution is 6.20. The van der Waals surface area contributed by atoms with Crippen molar-refractivity contribution >= 4 is 23.8 Å². The molecule has 1 unspecified atom stereocenters. The molecule has 5 nitrogen and oxygen atoms in total. The van der Waals surface area contributed by atoms with Gasteiger partial charge in [0.25, 0.3) is 5.84 Å². The summed E-state index contributed by atoms with van der Waals surface area (Å²) in [6.45, 7) is 2.94. The molecule has 0 fully saturated rings. The van der Waals surface area contributed by atoms with Crippen LogP contribution in [-0.4, -0.2) is 22.7 Å². The van der Waals surface area contributed by atoms with Crippen molar-refractivity contribution in [2.45, 2.75) is 13.5 Å². The molecule has 0 spiro atoms. The van der Waals surface area contributed by atoms with E-state index in [-0.39, 0.29) is 4.00 Å². The molecule has 1 atom stereocenters. The molecule has 0 bridgehead atoms. The summed E-state index contributed by atoms with van der Waals surface area (Å²) in [5, 5.41) is 0. The second kappa shape index (κ2) is 8.02. The molecule has 6 heteroatoms. The molecule has 2 aromatic carbocycles. The van der Waals surface area contributed by atoms with Crippen LogP contribution in [0.5, 0.6) is 11.5 Å². The summed E-state index contributed by atoms with van der Waals surface area (Å²) in [7, 11) is 0. The fourth-order valence-electron chi connectivity index (χ4n) is 3.63. The lowest BCUT2D eigenvalue weighted by atomic mass is 10.0. The van der Waals surface area contributed by atoms with Gasteiger partial charge in [-0.2, -0.15) is 4.99 Å². The summed E-state index contributed by atoms with van der Waals surface area (Å²) in [6.07, 6.45) is 11.3. The first-order valence-corrected chi connectivity index (χ1v) is 10.5. The Morgan fingerprint density at radius 2 is 1.87 bits per heavy atom. The minimum atomic E-state index is -0.0594. The Hall–Kier alpha value is -3.41. The summed E-state index contributed by atoms with van der Waals surface area (Å²) in [6, 6.07) is 15.9. The van der Waals surface area contributed by atoms with Crippen LogP contribution in [0.1, 0.15) is 18.1 Å². The topological polar surface area (TPSA) is 43.2 Å². The van der Waals surface area contributed by atoms with Crippen LogP contribution in [0.2, 0.25) is 0 Å². The standard InChI is InChI=1S/C25H21ClN3O2/c1-2-30-22-12-11-20(15-23(22)31-17-18-7-4-3-5-8-18)25-28-24(19-9-6-10-19)21-16-27-13-14-29(21,25)26/h3-16H,2,17H2,1H3/q+1. The highest BCUT2D eigenvalue weighted by Gasteiger charge is 2.47. The first-order chi connectivity index (χ1) is 15.2. The second-order valence-electron chi connectivity index (χ2n) is 7.23. The van der Waals surface area contributed by atoms with Gasteiger partial charge in [0.15, 0.2) is 23.3 Å². The van der Waals surface area contributed by atoms with Crippen molar-refractivity contribution in [3.05, 3.63) is 107 Å². The number of ether oxygens (including phenoxy) is 2. The molecular weight excluding hydrogens is 410 g/mol. The minimum Gasteiger partial charge on any atom is -0.490 e. The fourth-order valence-corrected chi connectivity index (χ4v) is 3.94. The number of amidine groups is 1. The second-order valence-corrected chi connectivity index (χ2v) is 7.77. The number of allylic oxidation sites excluding steroid dienone is 4. The molecular formula is C25H21ClN3O2+. The molecule has 0 aromatic heterocycles. The van der Waals surface area contributed by atoms with Gasteiger partial charge in [-0.25, -0.2) is 0 Å². The zero-order valence-corrected chi connectivity index (χ0v) is 17.8. The zero-order valence-electron chi connectivity index (χ0n) is 17.0. The number of fused-ring (bicyclic) bond motifs is 1. The fraction of sp³-hybridized carbons (Fsp3) is 0.120. The zero-order chi connectivity index (χ0) is 21.3. The van der Waals surface area contributed by atoms with Gasteiger partial charge in [-0.1, -0.05) is 48.6 Å². The summed E-state index contributed by atoms with van der Waals surface area (Å²) in [5.41, 5.74) is 4.65. The van der Waals surface area contributed by atoms with Gasteiger partial charge in [0.1, 0.15) is 18.5 Å². The first-order valence-electron chi connectivity index (χ1n) is 10.1. The maximum absolute atomic E-state index is 7.07. The van der Waals surface area contributed by atoms with E-state index in [1.807, 2.05) is 79.9 Å². The third-order valence-corrected chi connectivity index (χ3v) is 5.69. The summed E-state index contributed by atoms with van der Waals surface area (Å²) in [4.78, 5) is 9.18. The van der Waals surface area contributed by atoms with E-state index in [1.165, 1.54) is 0 Å². The van der Waals surface area contributed by atoms with Crippen LogP contribution in [0.25, 0.3) is 0 Å². The smallest absolute Gasteiger partial charge is 0.264 e. The highest BCUT2D eigenvalue weighted by Crippen LogP contribution is 2.42. The van der Waals surface area contributed by atoms with Gasteiger partial charge in [-0.3, -0.25) is 4.99 Å². The maximum atomic E-state index is 7.07. The molecule has 3 aliphatic rings. The van der Waals surface area contributed by atoms with E-state index in [1.54, 1.807) is 12.4 Å². The van der Waals surface area contributed by atoms with E-state index < -0.39 is 0 Å². The van der Waals surface area contributed by atoms with Crippen LogP contribution < -0.4 is 9.47 Å². The Kier molecular flexibility index (Phi) is 5.06. The number of quaternary nitrogens is 1. The molecule has 0 amide bonds. The number of benzene rings is 2. The number of rotatable bonds is 7. The lowest BCUT2D eigenvalue weighted by Crippen LogP contribution is -2.37. The monoisotopic (exact) mass is 430 g/mol. The van der Waals surface area contributed by atoms with E-state index in [0.29, 0.717) is 30.5 Å². The normalized spacial score (nSPS) is 20.8.